The zero-order chi connectivity index (χ0) is 17.6. The predicted octanol–water partition coefficient (Wildman–Crippen LogP) is 2.63. The fourth-order valence-electron chi connectivity index (χ4n) is 2.63. The first-order valence-corrected chi connectivity index (χ1v) is 7.72. The molecule has 128 valence electrons. The van der Waals surface area contributed by atoms with Gasteiger partial charge in [0.15, 0.2) is 5.69 Å². The molecule has 0 bridgehead atoms. The first-order chi connectivity index (χ1) is 10.4. The van der Waals surface area contributed by atoms with Gasteiger partial charge in [0.1, 0.15) is 5.60 Å². The van der Waals surface area contributed by atoms with Crippen molar-refractivity contribution in [3.63, 3.8) is 0 Å². The lowest BCUT2D eigenvalue weighted by molar-refractivity contribution is 0.0219. The van der Waals surface area contributed by atoms with Gasteiger partial charge in [0.05, 0.1) is 12.1 Å². The lowest BCUT2D eigenvalue weighted by Gasteiger charge is -2.31. The quantitative estimate of drug-likeness (QED) is 0.859. The van der Waals surface area contributed by atoms with Gasteiger partial charge >= 0.3 is 12.1 Å². The third-order valence-corrected chi connectivity index (χ3v) is 3.55. The van der Waals surface area contributed by atoms with Crippen molar-refractivity contribution in [2.75, 3.05) is 6.54 Å². The minimum atomic E-state index is -1.07. The Hall–Kier alpha value is -2.05. The summed E-state index contributed by atoms with van der Waals surface area (Å²) in [5.74, 6) is -1.07. The Morgan fingerprint density at radius 2 is 1.78 bits per heavy atom. The van der Waals surface area contributed by atoms with Crippen LogP contribution in [0.5, 0.6) is 0 Å². The summed E-state index contributed by atoms with van der Waals surface area (Å²) in [7, 11) is 0. The molecule has 0 radical (unpaired) electrons. The van der Waals surface area contributed by atoms with Gasteiger partial charge in [-0.2, -0.15) is 5.10 Å². The van der Waals surface area contributed by atoms with E-state index in [4.69, 9.17) is 4.74 Å². The number of ether oxygens (including phenoxy) is 1. The summed E-state index contributed by atoms with van der Waals surface area (Å²) in [5, 5.41) is 13.7. The van der Waals surface area contributed by atoms with E-state index in [1.54, 1.807) is 25.5 Å². The number of hydrogen-bond donors (Lipinski definition) is 1. The molecule has 2 heterocycles. The number of hydrogen-bond acceptors (Lipinski definition) is 4. The summed E-state index contributed by atoms with van der Waals surface area (Å²) >= 11 is 0. The molecule has 23 heavy (non-hydrogen) atoms. The first-order valence-electron chi connectivity index (χ1n) is 7.72. The molecule has 1 N–H and O–H groups in total. The standard InChI is InChI=1S/C16H25N3O4/c1-15(2,3)19-11-7-8-18(14(22)23-16(4,5)6)9-10(11)12(17-19)13(20)21/h7-9H2,1-6H3,(H,20,21). The van der Waals surface area contributed by atoms with Crippen LogP contribution in [0, 0.1) is 0 Å². The normalized spacial score (nSPS) is 15.3. The van der Waals surface area contributed by atoms with Crippen LogP contribution in [-0.4, -0.2) is 44.0 Å². The van der Waals surface area contributed by atoms with Crippen LogP contribution in [0.1, 0.15) is 63.3 Å². The molecule has 1 aromatic heterocycles. The first kappa shape index (κ1) is 17.3. The monoisotopic (exact) mass is 323 g/mol. The second-order valence-corrected chi connectivity index (χ2v) is 7.81. The summed E-state index contributed by atoms with van der Waals surface area (Å²) in [6.45, 7) is 12.1. The zero-order valence-corrected chi connectivity index (χ0v) is 14.6. The zero-order valence-electron chi connectivity index (χ0n) is 14.6. The van der Waals surface area contributed by atoms with Gasteiger partial charge in [0.25, 0.3) is 0 Å². The minimum Gasteiger partial charge on any atom is -0.476 e. The average Bonchev–Trinajstić information content (AvgIpc) is 2.74. The van der Waals surface area contributed by atoms with Crippen LogP contribution < -0.4 is 0 Å². The molecule has 0 aromatic carbocycles. The molecule has 0 unspecified atom stereocenters. The Labute approximate surface area is 136 Å². The summed E-state index contributed by atoms with van der Waals surface area (Å²) < 4.78 is 7.14. The molecule has 1 amide bonds. The molecule has 1 aliphatic rings. The number of rotatable bonds is 1. The van der Waals surface area contributed by atoms with Crippen LogP contribution in [0.2, 0.25) is 0 Å². The van der Waals surface area contributed by atoms with Crippen LogP contribution in [0.25, 0.3) is 0 Å². The number of amides is 1. The Kier molecular flexibility index (Phi) is 4.17. The average molecular weight is 323 g/mol. The van der Waals surface area contributed by atoms with Gasteiger partial charge in [0, 0.05) is 24.2 Å². The maximum absolute atomic E-state index is 12.2. The number of carbonyl (C=O) groups excluding carboxylic acids is 1. The molecule has 0 aliphatic carbocycles. The van der Waals surface area contributed by atoms with E-state index in [9.17, 15) is 14.7 Å². The van der Waals surface area contributed by atoms with Crippen molar-refractivity contribution in [1.82, 2.24) is 14.7 Å². The number of carbonyl (C=O) groups is 2. The third-order valence-electron chi connectivity index (χ3n) is 3.55. The molecular formula is C16H25N3O4. The van der Waals surface area contributed by atoms with Crippen LogP contribution >= 0.6 is 0 Å². The van der Waals surface area contributed by atoms with Crippen molar-refractivity contribution in [3.8, 4) is 0 Å². The number of aromatic carboxylic acids is 1. The Balaban J connectivity index is 2.35. The molecule has 0 spiro atoms. The summed E-state index contributed by atoms with van der Waals surface area (Å²) in [6.07, 6.45) is 0.134. The van der Waals surface area contributed by atoms with Gasteiger partial charge in [-0.1, -0.05) is 0 Å². The molecule has 0 fully saturated rings. The highest BCUT2D eigenvalue weighted by Crippen LogP contribution is 2.28. The molecule has 1 aromatic rings. The maximum Gasteiger partial charge on any atom is 0.410 e. The van der Waals surface area contributed by atoms with Crippen molar-refractivity contribution >= 4 is 12.1 Å². The fraction of sp³-hybridized carbons (Fsp3) is 0.688. The van der Waals surface area contributed by atoms with Crippen LogP contribution in [0.15, 0.2) is 0 Å². The Morgan fingerprint density at radius 3 is 2.26 bits per heavy atom. The molecule has 1 aliphatic heterocycles. The lowest BCUT2D eigenvalue weighted by Crippen LogP contribution is -2.41. The number of nitrogens with zero attached hydrogens (tertiary/aromatic N) is 3. The van der Waals surface area contributed by atoms with Crippen molar-refractivity contribution in [2.24, 2.45) is 0 Å². The smallest absolute Gasteiger partial charge is 0.410 e. The third kappa shape index (κ3) is 3.65. The fourth-order valence-corrected chi connectivity index (χ4v) is 2.63. The van der Waals surface area contributed by atoms with Gasteiger partial charge in [-0.25, -0.2) is 9.59 Å². The summed E-state index contributed by atoms with van der Waals surface area (Å²) in [5.41, 5.74) is 0.608. The van der Waals surface area contributed by atoms with Crippen LogP contribution in [0.4, 0.5) is 4.79 Å². The molecule has 7 nitrogen and oxygen atoms in total. The number of fused-ring (bicyclic) bond motifs is 1. The molecule has 7 heteroatoms. The SMILES string of the molecule is CC(C)(C)OC(=O)N1CCc2c(c(C(=O)O)nn2C(C)(C)C)C1. The van der Waals surface area contributed by atoms with Crippen molar-refractivity contribution < 1.29 is 19.4 Å². The number of carboxylic acid groups (broad SMARTS) is 1. The van der Waals surface area contributed by atoms with Gasteiger partial charge in [0.2, 0.25) is 0 Å². The van der Waals surface area contributed by atoms with E-state index in [1.807, 2.05) is 20.8 Å². The minimum absolute atomic E-state index is 0.0168. The largest absolute Gasteiger partial charge is 0.476 e. The van der Waals surface area contributed by atoms with Gasteiger partial charge in [-0.05, 0) is 41.5 Å². The molecule has 0 saturated heterocycles. The van der Waals surface area contributed by atoms with Gasteiger partial charge in [-0.15, -0.1) is 0 Å². The van der Waals surface area contributed by atoms with Gasteiger partial charge < -0.3 is 14.7 Å². The maximum atomic E-state index is 12.2. The Morgan fingerprint density at radius 1 is 1.17 bits per heavy atom. The van der Waals surface area contributed by atoms with E-state index < -0.39 is 17.7 Å². The van der Waals surface area contributed by atoms with Crippen molar-refractivity contribution in [3.05, 3.63) is 17.0 Å². The van der Waals surface area contributed by atoms with E-state index in [1.165, 1.54) is 4.90 Å². The van der Waals surface area contributed by atoms with E-state index in [-0.39, 0.29) is 17.8 Å². The van der Waals surface area contributed by atoms with Crippen molar-refractivity contribution in [1.29, 1.82) is 0 Å². The lowest BCUT2D eigenvalue weighted by atomic mass is 10.0. The number of aromatic nitrogens is 2. The number of carboxylic acids is 1. The van der Waals surface area contributed by atoms with E-state index in [2.05, 4.69) is 5.10 Å². The highest BCUT2D eigenvalue weighted by molar-refractivity contribution is 5.87. The second-order valence-electron chi connectivity index (χ2n) is 7.81. The molecule has 0 atom stereocenters. The van der Waals surface area contributed by atoms with E-state index in [0.29, 0.717) is 18.5 Å². The second kappa shape index (κ2) is 5.54. The summed E-state index contributed by atoms with van der Waals surface area (Å²) in [4.78, 5) is 25.3. The molecule has 0 saturated carbocycles. The molecule has 2 rings (SSSR count). The van der Waals surface area contributed by atoms with E-state index in [0.717, 1.165) is 5.69 Å². The van der Waals surface area contributed by atoms with Crippen LogP contribution in [-0.2, 0) is 23.2 Å². The highest BCUT2D eigenvalue weighted by atomic mass is 16.6. The predicted molar refractivity (Wildman–Crippen MR) is 84.5 cm³/mol. The Bertz CT molecular complexity index is 635. The molecular weight excluding hydrogens is 298 g/mol. The van der Waals surface area contributed by atoms with Gasteiger partial charge in [-0.3, -0.25) is 4.68 Å². The van der Waals surface area contributed by atoms with Crippen molar-refractivity contribution in [2.45, 2.75) is 65.6 Å². The highest BCUT2D eigenvalue weighted by Gasteiger charge is 2.34. The summed E-state index contributed by atoms with van der Waals surface area (Å²) in [6, 6.07) is 0. The topological polar surface area (TPSA) is 84.7 Å². The van der Waals surface area contributed by atoms with Crippen LogP contribution in [0.3, 0.4) is 0 Å². The van der Waals surface area contributed by atoms with E-state index >= 15 is 0 Å².